The average molecular weight is 731 g/mol. The lowest BCUT2D eigenvalue weighted by Crippen LogP contribution is -2.29. The highest BCUT2D eigenvalue weighted by Crippen LogP contribution is 2.59. The van der Waals surface area contributed by atoms with Crippen LogP contribution in [0.2, 0.25) is 0 Å². The van der Waals surface area contributed by atoms with Gasteiger partial charge in [-0.1, -0.05) is 200 Å². The molecular weight excluding hydrogens is 687 g/mol. The van der Waals surface area contributed by atoms with E-state index < -0.39 is 29.0 Å². The summed E-state index contributed by atoms with van der Waals surface area (Å²) in [5.74, 6) is 0. The highest BCUT2D eigenvalue weighted by Gasteiger charge is 2.47. The second-order valence-corrected chi connectivity index (χ2v) is 14.8. The van der Waals surface area contributed by atoms with Gasteiger partial charge in [0, 0.05) is 17.1 Å². The second-order valence-electron chi connectivity index (χ2n) is 14.8. The van der Waals surface area contributed by atoms with Gasteiger partial charge in [-0.25, -0.2) is 0 Å². The first-order chi connectivity index (χ1) is 30.4. The fourth-order valence-corrected chi connectivity index (χ4v) is 9.92. The van der Waals surface area contributed by atoms with Crippen LogP contribution in [0.15, 0.2) is 236 Å². The van der Waals surface area contributed by atoms with Gasteiger partial charge in [-0.3, -0.25) is 0 Å². The Morgan fingerprint density at radius 3 is 1.21 bits per heavy atom. The van der Waals surface area contributed by atoms with Crippen molar-refractivity contribution in [1.82, 2.24) is 0 Å². The number of fused-ring (bicyclic) bond motifs is 6. The van der Waals surface area contributed by atoms with E-state index in [4.69, 9.17) is 4.11 Å². The van der Waals surface area contributed by atoms with E-state index in [0.717, 1.165) is 66.8 Å². The summed E-state index contributed by atoms with van der Waals surface area (Å²) >= 11 is 0. The lowest BCUT2D eigenvalue weighted by Gasteiger charge is -2.36. The van der Waals surface area contributed by atoms with Crippen LogP contribution in [-0.2, 0) is 10.8 Å². The Labute approximate surface area is 341 Å². The minimum absolute atomic E-state index is 0.0783. The van der Waals surface area contributed by atoms with E-state index in [1.807, 2.05) is 41.3 Å². The molecule has 0 amide bonds. The van der Waals surface area contributed by atoms with Crippen molar-refractivity contribution in [2.45, 2.75) is 10.8 Å². The van der Waals surface area contributed by atoms with Crippen molar-refractivity contribution < 1.29 is 6.85 Å². The topological polar surface area (TPSA) is 3.24 Å². The number of rotatable bonds is 7. The molecule has 1 heteroatoms. The second kappa shape index (κ2) is 13.2. The minimum atomic E-state index is -0.717. The molecule has 0 unspecified atom stereocenters. The van der Waals surface area contributed by atoms with Gasteiger partial charge in [-0.15, -0.1) is 0 Å². The molecule has 1 nitrogen and oxygen atoms in total. The van der Waals surface area contributed by atoms with E-state index >= 15 is 0 Å². The van der Waals surface area contributed by atoms with Crippen molar-refractivity contribution in [1.29, 1.82) is 0 Å². The predicted octanol–water partition coefficient (Wildman–Crippen LogP) is 13.9. The van der Waals surface area contributed by atoms with Crippen molar-refractivity contribution in [3.63, 3.8) is 0 Å². The maximum Gasteiger partial charge on any atom is 0.0714 e. The van der Waals surface area contributed by atoms with Crippen molar-refractivity contribution in [3.8, 4) is 22.3 Å². The largest absolute Gasteiger partial charge is 0.310 e. The highest BCUT2D eigenvalue weighted by atomic mass is 15.1. The molecule has 0 aromatic heterocycles. The van der Waals surface area contributed by atoms with Crippen LogP contribution in [0.1, 0.15) is 51.4 Å². The molecule has 0 spiro atoms. The first kappa shape index (κ1) is 28.2. The van der Waals surface area contributed by atoms with E-state index in [1.165, 1.54) is 0 Å². The monoisotopic (exact) mass is 730 g/mol. The number of para-hydroxylation sites is 1. The molecule has 57 heavy (non-hydrogen) atoms. The van der Waals surface area contributed by atoms with Crippen molar-refractivity contribution in [3.05, 3.63) is 281 Å². The van der Waals surface area contributed by atoms with E-state index in [-0.39, 0.29) is 17.8 Å². The molecule has 0 bridgehead atoms. The van der Waals surface area contributed by atoms with Gasteiger partial charge in [-0.2, -0.15) is 0 Å². The number of benzene rings is 9. The normalized spacial score (nSPS) is 15.1. The standard InChI is InChI=1S/C56H39N/c1-5-20-40(21-6-1)55(41-22-7-2-8-23-41)51-33-16-15-32-49(51)50-37-36-46(39-54(50)55)57(44-27-11-4-12-28-44)45-29-19-26-43(38-45)56(42-24-9-3-10-25-42)52-34-17-13-30-47(52)48-31-14-18-35-53(48)56/h1-39H/i4D,11D,12D,27D,28D. The zero-order valence-corrected chi connectivity index (χ0v) is 31.1. The van der Waals surface area contributed by atoms with Crippen LogP contribution < -0.4 is 4.90 Å². The lowest BCUT2D eigenvalue weighted by atomic mass is 9.67. The minimum Gasteiger partial charge on any atom is -0.310 e. The quantitative estimate of drug-likeness (QED) is 0.158. The van der Waals surface area contributed by atoms with Gasteiger partial charge in [0.2, 0.25) is 0 Å². The molecule has 268 valence electrons. The zero-order valence-electron chi connectivity index (χ0n) is 36.1. The SMILES string of the molecule is [2H]c1c([2H])c([2H])c(N(c2cccc(C3(c4ccccc4)c4ccccc4-c4ccccc43)c2)c2ccc3c(c2)C(c2ccccc2)(c2ccccc2)c2ccccc2-3)c([2H])c1[2H]. The van der Waals surface area contributed by atoms with Crippen molar-refractivity contribution in [2.75, 3.05) is 4.90 Å². The molecule has 0 aliphatic heterocycles. The van der Waals surface area contributed by atoms with Gasteiger partial charge < -0.3 is 4.90 Å². The molecule has 9 aromatic carbocycles. The van der Waals surface area contributed by atoms with E-state index in [0.29, 0.717) is 11.4 Å². The van der Waals surface area contributed by atoms with Crippen LogP contribution in [0.3, 0.4) is 0 Å². The van der Waals surface area contributed by atoms with Gasteiger partial charge >= 0.3 is 0 Å². The molecule has 0 atom stereocenters. The summed E-state index contributed by atoms with van der Waals surface area (Å²) in [5.41, 5.74) is 13.3. The fraction of sp³-hybridized carbons (Fsp3) is 0.0357. The molecule has 0 saturated carbocycles. The zero-order chi connectivity index (χ0) is 42.2. The third-order valence-electron chi connectivity index (χ3n) is 12.1. The summed E-state index contributed by atoms with van der Waals surface area (Å²) in [5, 5.41) is 0. The first-order valence-electron chi connectivity index (χ1n) is 21.9. The molecule has 0 saturated heterocycles. The van der Waals surface area contributed by atoms with Crippen LogP contribution in [0, 0.1) is 0 Å². The molecular formula is C56H39N. The Morgan fingerprint density at radius 1 is 0.298 bits per heavy atom. The number of nitrogens with zero attached hydrogens (tertiary/aromatic N) is 1. The number of hydrogen-bond donors (Lipinski definition) is 0. The third-order valence-corrected chi connectivity index (χ3v) is 12.1. The smallest absolute Gasteiger partial charge is 0.0714 e. The molecule has 9 aromatic rings. The average Bonchev–Trinajstić information content (AvgIpc) is 3.81. The van der Waals surface area contributed by atoms with Crippen LogP contribution in [-0.4, -0.2) is 0 Å². The maximum absolute atomic E-state index is 9.44. The van der Waals surface area contributed by atoms with Crippen molar-refractivity contribution >= 4 is 17.1 Å². The summed E-state index contributed by atoms with van der Waals surface area (Å²) in [6, 6.07) is 70.3. The molecule has 11 rings (SSSR count). The summed E-state index contributed by atoms with van der Waals surface area (Å²) < 4.78 is 45.3. The molecule has 0 N–H and O–H groups in total. The summed E-state index contributed by atoms with van der Waals surface area (Å²) in [6.45, 7) is 0. The lowest BCUT2D eigenvalue weighted by molar-refractivity contribution is 0.767. The van der Waals surface area contributed by atoms with Gasteiger partial charge in [0.15, 0.2) is 0 Å². The Hall–Kier alpha value is -7.22. The van der Waals surface area contributed by atoms with E-state index in [2.05, 4.69) is 170 Å². The maximum atomic E-state index is 9.44. The Bertz CT molecular complexity index is 3090. The molecule has 2 aliphatic rings. The summed E-state index contributed by atoms with van der Waals surface area (Å²) in [4.78, 5) is 1.87. The molecule has 2 aliphatic carbocycles. The number of anilines is 3. The van der Waals surface area contributed by atoms with Crippen LogP contribution >= 0.6 is 0 Å². The van der Waals surface area contributed by atoms with Crippen LogP contribution in [0.4, 0.5) is 17.1 Å². The van der Waals surface area contributed by atoms with Crippen LogP contribution in [0.5, 0.6) is 0 Å². The van der Waals surface area contributed by atoms with E-state index in [1.54, 1.807) is 0 Å². The summed E-state index contributed by atoms with van der Waals surface area (Å²) in [6.07, 6.45) is 0. The van der Waals surface area contributed by atoms with Crippen LogP contribution in [0.25, 0.3) is 22.3 Å². The Kier molecular flexibility index (Phi) is 6.55. The predicted molar refractivity (Wildman–Crippen MR) is 236 cm³/mol. The van der Waals surface area contributed by atoms with Gasteiger partial charge in [-0.05, 0) is 103 Å². The molecule has 0 fully saturated rings. The van der Waals surface area contributed by atoms with Gasteiger partial charge in [0.1, 0.15) is 0 Å². The fourth-order valence-electron chi connectivity index (χ4n) is 9.92. The Balaban J connectivity index is 1.22. The molecule has 0 heterocycles. The van der Waals surface area contributed by atoms with Gasteiger partial charge in [0.25, 0.3) is 0 Å². The third kappa shape index (κ3) is 4.82. The highest BCUT2D eigenvalue weighted by molar-refractivity contribution is 5.90. The Morgan fingerprint density at radius 2 is 0.702 bits per heavy atom. The van der Waals surface area contributed by atoms with E-state index in [9.17, 15) is 2.74 Å². The first-order valence-corrected chi connectivity index (χ1v) is 19.4. The van der Waals surface area contributed by atoms with Gasteiger partial charge in [0.05, 0.1) is 17.7 Å². The summed E-state index contributed by atoms with van der Waals surface area (Å²) in [7, 11) is 0. The number of hydrogen-bond acceptors (Lipinski definition) is 1. The van der Waals surface area contributed by atoms with Crippen molar-refractivity contribution in [2.24, 2.45) is 0 Å². The molecule has 0 radical (unpaired) electrons.